The van der Waals surface area contributed by atoms with Crippen LogP contribution < -0.4 is 0 Å². The van der Waals surface area contributed by atoms with E-state index in [1.807, 2.05) is 23.0 Å². The summed E-state index contributed by atoms with van der Waals surface area (Å²) in [4.78, 5) is 16.0. The largest absolute Gasteiger partial charge is 0.348 e. The molecule has 0 unspecified atom stereocenters. The SMILES string of the molecule is CC[C@H]1CCc2sc(-c3nnc(SCC(=O)N(C)C)n3C)cc2C1. The van der Waals surface area contributed by atoms with Crippen molar-refractivity contribution in [1.29, 1.82) is 0 Å². The minimum absolute atomic E-state index is 0.0849. The molecule has 2 aromatic rings. The van der Waals surface area contributed by atoms with E-state index in [0.29, 0.717) is 5.75 Å². The van der Waals surface area contributed by atoms with E-state index in [2.05, 4.69) is 23.2 Å². The molecule has 0 fully saturated rings. The number of aryl methyl sites for hydroxylation is 1. The van der Waals surface area contributed by atoms with E-state index < -0.39 is 0 Å². The zero-order chi connectivity index (χ0) is 17.3. The van der Waals surface area contributed by atoms with Crippen LogP contribution in [0.25, 0.3) is 10.7 Å². The van der Waals surface area contributed by atoms with Crippen LogP contribution in [0.15, 0.2) is 11.2 Å². The van der Waals surface area contributed by atoms with Crippen molar-refractivity contribution in [2.24, 2.45) is 13.0 Å². The van der Waals surface area contributed by atoms with Gasteiger partial charge in [0.15, 0.2) is 11.0 Å². The van der Waals surface area contributed by atoms with E-state index in [1.165, 1.54) is 52.8 Å². The summed E-state index contributed by atoms with van der Waals surface area (Å²) in [6, 6.07) is 2.30. The molecule has 3 rings (SSSR count). The van der Waals surface area contributed by atoms with Crippen LogP contribution in [0.5, 0.6) is 0 Å². The summed E-state index contributed by atoms with van der Waals surface area (Å²) >= 11 is 3.29. The minimum Gasteiger partial charge on any atom is -0.348 e. The van der Waals surface area contributed by atoms with E-state index in [1.54, 1.807) is 19.0 Å². The molecule has 7 heteroatoms. The van der Waals surface area contributed by atoms with Crippen molar-refractivity contribution in [1.82, 2.24) is 19.7 Å². The highest BCUT2D eigenvalue weighted by molar-refractivity contribution is 7.99. The maximum absolute atomic E-state index is 11.7. The number of thioether (sulfide) groups is 1. The molecule has 0 radical (unpaired) electrons. The van der Waals surface area contributed by atoms with Gasteiger partial charge in [0.2, 0.25) is 5.91 Å². The Labute approximate surface area is 151 Å². The molecule has 0 saturated heterocycles. The highest BCUT2D eigenvalue weighted by Crippen LogP contribution is 2.37. The van der Waals surface area contributed by atoms with Crippen LogP contribution in [0.3, 0.4) is 0 Å². The number of rotatable bonds is 5. The van der Waals surface area contributed by atoms with Crippen LogP contribution in [0.2, 0.25) is 0 Å². The molecule has 130 valence electrons. The van der Waals surface area contributed by atoms with E-state index >= 15 is 0 Å². The van der Waals surface area contributed by atoms with Crippen LogP contribution in [0.1, 0.15) is 30.2 Å². The van der Waals surface area contributed by atoms with Gasteiger partial charge in [-0.15, -0.1) is 21.5 Å². The first-order valence-electron chi connectivity index (χ1n) is 8.33. The van der Waals surface area contributed by atoms with Gasteiger partial charge in [-0.1, -0.05) is 25.1 Å². The summed E-state index contributed by atoms with van der Waals surface area (Å²) in [6.07, 6.45) is 4.94. The van der Waals surface area contributed by atoms with E-state index in [-0.39, 0.29) is 5.91 Å². The van der Waals surface area contributed by atoms with Crippen molar-refractivity contribution in [3.05, 3.63) is 16.5 Å². The molecule has 1 atom stereocenters. The Hall–Kier alpha value is -1.34. The maximum Gasteiger partial charge on any atom is 0.232 e. The van der Waals surface area contributed by atoms with Gasteiger partial charge in [0.1, 0.15) is 0 Å². The number of carbonyl (C=O) groups is 1. The first-order chi connectivity index (χ1) is 11.5. The van der Waals surface area contributed by atoms with Crippen molar-refractivity contribution in [2.75, 3.05) is 19.8 Å². The van der Waals surface area contributed by atoms with E-state index in [4.69, 9.17) is 0 Å². The fraction of sp³-hybridized carbons (Fsp3) is 0.588. The topological polar surface area (TPSA) is 51.0 Å². The molecule has 1 aliphatic rings. The first-order valence-corrected chi connectivity index (χ1v) is 10.1. The predicted octanol–water partition coefficient (Wildman–Crippen LogP) is 3.24. The molecule has 0 N–H and O–H groups in total. The third-order valence-electron chi connectivity index (χ3n) is 4.64. The van der Waals surface area contributed by atoms with Gasteiger partial charge in [-0.2, -0.15) is 0 Å². The summed E-state index contributed by atoms with van der Waals surface area (Å²) in [7, 11) is 5.51. The number of thiophene rings is 1. The number of hydrogen-bond donors (Lipinski definition) is 0. The molecule has 0 spiro atoms. The lowest BCUT2D eigenvalue weighted by Crippen LogP contribution is -2.23. The molecular formula is C17H24N4OS2. The highest BCUT2D eigenvalue weighted by atomic mass is 32.2. The average Bonchev–Trinajstić information content (AvgIpc) is 3.14. The minimum atomic E-state index is 0.0849. The van der Waals surface area contributed by atoms with Crippen LogP contribution in [0, 0.1) is 5.92 Å². The normalized spacial score (nSPS) is 16.9. The number of hydrogen-bond acceptors (Lipinski definition) is 5. The smallest absolute Gasteiger partial charge is 0.232 e. The van der Waals surface area contributed by atoms with Crippen LogP contribution in [-0.2, 0) is 24.7 Å². The van der Waals surface area contributed by atoms with Crippen molar-refractivity contribution in [2.45, 2.75) is 37.8 Å². The molecular weight excluding hydrogens is 340 g/mol. The zero-order valence-electron chi connectivity index (χ0n) is 14.7. The second kappa shape index (κ2) is 7.27. The van der Waals surface area contributed by atoms with Gasteiger partial charge in [-0.25, -0.2) is 0 Å². The molecule has 0 aliphatic heterocycles. The van der Waals surface area contributed by atoms with Crippen LogP contribution >= 0.6 is 23.1 Å². The van der Waals surface area contributed by atoms with Crippen molar-refractivity contribution in [3.63, 3.8) is 0 Å². The third kappa shape index (κ3) is 3.52. The number of aromatic nitrogens is 3. The molecule has 24 heavy (non-hydrogen) atoms. The first kappa shape index (κ1) is 17.5. The Morgan fingerprint density at radius 2 is 2.25 bits per heavy atom. The van der Waals surface area contributed by atoms with Crippen LogP contribution in [0.4, 0.5) is 0 Å². The maximum atomic E-state index is 11.7. The Morgan fingerprint density at radius 1 is 1.46 bits per heavy atom. The lowest BCUT2D eigenvalue weighted by Gasteiger charge is -2.19. The second-order valence-corrected chi connectivity index (χ2v) is 8.60. The third-order valence-corrected chi connectivity index (χ3v) is 6.88. The average molecular weight is 365 g/mol. The van der Waals surface area contributed by atoms with Gasteiger partial charge >= 0.3 is 0 Å². The Kier molecular flexibility index (Phi) is 5.30. The molecule has 5 nitrogen and oxygen atoms in total. The number of nitrogens with zero attached hydrogens (tertiary/aromatic N) is 4. The second-order valence-electron chi connectivity index (χ2n) is 6.52. The quantitative estimate of drug-likeness (QED) is 0.764. The molecule has 2 aromatic heterocycles. The Bertz CT molecular complexity index is 735. The van der Waals surface area contributed by atoms with Gasteiger partial charge in [-0.05, 0) is 36.8 Å². The molecule has 1 aliphatic carbocycles. The van der Waals surface area contributed by atoms with E-state index in [9.17, 15) is 4.79 Å². The molecule has 0 aromatic carbocycles. The van der Waals surface area contributed by atoms with Crippen LogP contribution in [-0.4, -0.2) is 45.4 Å². The van der Waals surface area contributed by atoms with Crippen molar-refractivity contribution >= 4 is 29.0 Å². The summed E-state index contributed by atoms with van der Waals surface area (Å²) in [6.45, 7) is 2.28. The molecule has 1 amide bonds. The fourth-order valence-electron chi connectivity index (χ4n) is 2.97. The zero-order valence-corrected chi connectivity index (χ0v) is 16.3. The Morgan fingerprint density at radius 3 is 2.96 bits per heavy atom. The standard InChI is InChI=1S/C17H24N4OS2/c1-5-11-6-7-13-12(8-11)9-14(24-13)16-18-19-17(21(16)4)23-10-15(22)20(2)3/h9,11H,5-8,10H2,1-4H3/t11-/m0/s1. The van der Waals surface area contributed by atoms with Gasteiger partial charge in [0.05, 0.1) is 10.6 Å². The van der Waals surface area contributed by atoms with Gasteiger partial charge in [0, 0.05) is 26.0 Å². The number of carbonyl (C=O) groups excluding carboxylic acids is 1. The lowest BCUT2D eigenvalue weighted by molar-refractivity contribution is -0.125. The highest BCUT2D eigenvalue weighted by Gasteiger charge is 2.22. The fourth-order valence-corrected chi connectivity index (χ4v) is 5.09. The monoisotopic (exact) mass is 364 g/mol. The molecule has 2 heterocycles. The van der Waals surface area contributed by atoms with E-state index in [0.717, 1.165) is 16.9 Å². The molecule has 0 bridgehead atoms. The summed E-state index contributed by atoms with van der Waals surface area (Å²) in [5, 5.41) is 9.43. The summed E-state index contributed by atoms with van der Waals surface area (Å²) in [5.74, 6) is 2.20. The summed E-state index contributed by atoms with van der Waals surface area (Å²) < 4.78 is 2.00. The van der Waals surface area contributed by atoms with Gasteiger partial charge in [-0.3, -0.25) is 4.79 Å². The Balaban J connectivity index is 1.77. The van der Waals surface area contributed by atoms with Crippen molar-refractivity contribution in [3.8, 4) is 10.7 Å². The lowest BCUT2D eigenvalue weighted by atomic mass is 9.87. The predicted molar refractivity (Wildman–Crippen MR) is 99.5 cm³/mol. The van der Waals surface area contributed by atoms with Gasteiger partial charge < -0.3 is 9.47 Å². The number of fused-ring (bicyclic) bond motifs is 1. The van der Waals surface area contributed by atoms with Gasteiger partial charge in [0.25, 0.3) is 0 Å². The molecule has 0 saturated carbocycles. The van der Waals surface area contributed by atoms with Crippen molar-refractivity contribution < 1.29 is 4.79 Å². The number of amides is 1. The summed E-state index contributed by atoms with van der Waals surface area (Å²) in [5.41, 5.74) is 1.49.